The summed E-state index contributed by atoms with van der Waals surface area (Å²) in [5.41, 5.74) is 0.267. The Balaban J connectivity index is 2.20. The third-order valence-electron chi connectivity index (χ3n) is 8.29. The minimum atomic E-state index is -2.15. The quantitative estimate of drug-likeness (QED) is 0.185. The molecule has 0 N–H and O–H groups in total. The highest BCUT2D eigenvalue weighted by Gasteiger charge is 2.39. The maximum Gasteiger partial charge on any atom is 0.343 e. The van der Waals surface area contributed by atoms with Crippen molar-refractivity contribution in [2.75, 3.05) is 13.2 Å². The van der Waals surface area contributed by atoms with Gasteiger partial charge < -0.3 is 13.7 Å². The fourth-order valence-electron chi connectivity index (χ4n) is 4.57. The van der Waals surface area contributed by atoms with E-state index in [0.717, 1.165) is 0 Å². The van der Waals surface area contributed by atoms with E-state index in [4.69, 9.17) is 14.1 Å². The largest absolute Gasteiger partial charge is 0.462 e. The number of hydrogen-bond acceptors (Lipinski definition) is 5. The van der Waals surface area contributed by atoms with Crippen LogP contribution in [0.2, 0.25) is 18.1 Å². The summed E-state index contributed by atoms with van der Waals surface area (Å²) in [4.78, 5) is 31.4. The molecule has 0 aliphatic rings. The minimum Gasteiger partial charge on any atom is -0.462 e. The normalized spacial score (nSPS) is 13.5. The molecule has 0 saturated heterocycles. The first kappa shape index (κ1) is 33.5. The molecule has 0 bridgehead atoms. The Labute approximate surface area is 247 Å². The Morgan fingerprint density at radius 1 is 1.02 bits per heavy atom. The van der Waals surface area contributed by atoms with E-state index in [1.54, 1.807) is 19.9 Å². The molecule has 0 unspecified atom stereocenters. The number of fused-ring (bicyclic) bond motifs is 1. The van der Waals surface area contributed by atoms with Gasteiger partial charge in [-0.2, -0.15) is 0 Å². The first-order valence-electron chi connectivity index (χ1n) is 14.3. The molecule has 1 aromatic carbocycles. The second-order valence-corrected chi connectivity index (χ2v) is 18.2. The highest BCUT2D eigenvalue weighted by Crippen LogP contribution is 2.39. The molecule has 10 heteroatoms. The molecule has 0 spiro atoms. The van der Waals surface area contributed by atoms with Crippen molar-refractivity contribution >= 4 is 25.3 Å². The van der Waals surface area contributed by atoms with Gasteiger partial charge in [0.25, 0.3) is 0 Å². The average Bonchev–Trinajstić information content (AvgIpc) is 2.83. The first-order valence-corrected chi connectivity index (χ1v) is 17.2. The van der Waals surface area contributed by atoms with Crippen LogP contribution in [-0.4, -0.2) is 37.1 Å². The Hall–Kier alpha value is -2.98. The summed E-state index contributed by atoms with van der Waals surface area (Å²) >= 11 is 0. The fourth-order valence-corrected chi connectivity index (χ4v) is 5.58. The lowest BCUT2D eigenvalue weighted by Crippen LogP contribution is -2.43. The molecule has 2 heterocycles. The van der Waals surface area contributed by atoms with E-state index in [1.807, 2.05) is 4.57 Å². The Bertz CT molecular complexity index is 1510. The van der Waals surface area contributed by atoms with Gasteiger partial charge in [-0.25, -0.2) is 22.9 Å². The molecule has 0 fully saturated rings. The van der Waals surface area contributed by atoms with Gasteiger partial charge in [0.1, 0.15) is 28.7 Å². The molecule has 230 valence electrons. The predicted octanol–water partition coefficient (Wildman–Crippen LogP) is 7.69. The molecular formula is C32H43F3N2O4Si. The van der Waals surface area contributed by atoms with Crippen molar-refractivity contribution in [1.29, 1.82) is 0 Å². The predicted molar refractivity (Wildman–Crippen MR) is 162 cm³/mol. The van der Waals surface area contributed by atoms with E-state index in [-0.39, 0.29) is 52.5 Å². The van der Waals surface area contributed by atoms with E-state index in [0.29, 0.717) is 35.6 Å². The van der Waals surface area contributed by atoms with Gasteiger partial charge in [0, 0.05) is 29.6 Å². The number of nitrogens with zero attached hydrogens (tertiary/aromatic N) is 2. The van der Waals surface area contributed by atoms with Crippen molar-refractivity contribution in [2.45, 2.75) is 92.4 Å². The maximum absolute atomic E-state index is 14.3. The zero-order chi connectivity index (χ0) is 31.8. The van der Waals surface area contributed by atoms with Crippen molar-refractivity contribution in [3.05, 3.63) is 74.5 Å². The molecular weight excluding hydrogens is 561 g/mol. The molecule has 42 heavy (non-hydrogen) atoms. The number of esters is 1. The van der Waals surface area contributed by atoms with Crippen LogP contribution in [0.25, 0.3) is 11.0 Å². The van der Waals surface area contributed by atoms with Crippen LogP contribution >= 0.6 is 0 Å². The highest BCUT2D eigenvalue weighted by molar-refractivity contribution is 6.74. The third kappa shape index (κ3) is 7.14. The van der Waals surface area contributed by atoms with Crippen molar-refractivity contribution < 1.29 is 27.1 Å². The van der Waals surface area contributed by atoms with Gasteiger partial charge in [-0.1, -0.05) is 41.5 Å². The average molecular weight is 605 g/mol. The van der Waals surface area contributed by atoms with Crippen LogP contribution in [0.5, 0.6) is 0 Å². The Morgan fingerprint density at radius 2 is 1.62 bits per heavy atom. The molecule has 0 aliphatic carbocycles. The molecule has 2 aromatic heterocycles. The maximum atomic E-state index is 14.3. The molecule has 1 atom stereocenters. The summed E-state index contributed by atoms with van der Waals surface area (Å²) in [6.07, 6.45) is 1.60. The minimum absolute atomic E-state index is 0.0235. The SMILES string of the molecule is CCOC(=O)c1cn([C@H](CO[Si](C)(C)C(C)(C)C)C(C)(C)C)c2nc(C)c(CCc3c(F)cc(F)cc3F)cc2c1=O. The Morgan fingerprint density at radius 3 is 2.14 bits per heavy atom. The molecule has 3 aromatic rings. The monoisotopic (exact) mass is 604 g/mol. The lowest BCUT2D eigenvalue weighted by molar-refractivity contribution is 0.0522. The summed E-state index contributed by atoms with van der Waals surface area (Å²) in [7, 11) is -2.15. The molecule has 0 amide bonds. The van der Waals surface area contributed by atoms with Gasteiger partial charge >= 0.3 is 5.97 Å². The van der Waals surface area contributed by atoms with Gasteiger partial charge in [-0.3, -0.25) is 4.79 Å². The summed E-state index contributed by atoms with van der Waals surface area (Å²) in [6.45, 7) is 20.9. The third-order valence-corrected chi connectivity index (χ3v) is 12.8. The zero-order valence-electron chi connectivity index (χ0n) is 26.4. The number of pyridine rings is 2. The molecule has 6 nitrogen and oxygen atoms in total. The van der Waals surface area contributed by atoms with Crippen molar-refractivity contribution in [1.82, 2.24) is 9.55 Å². The highest BCUT2D eigenvalue weighted by atomic mass is 28.4. The number of hydrogen-bond donors (Lipinski definition) is 0. The zero-order valence-corrected chi connectivity index (χ0v) is 27.4. The second kappa shape index (κ2) is 12.3. The number of carbonyl (C=O) groups excluding carboxylic acids is 1. The van der Waals surface area contributed by atoms with Crippen LogP contribution in [0.15, 0.2) is 29.2 Å². The van der Waals surface area contributed by atoms with Crippen LogP contribution < -0.4 is 5.43 Å². The number of halogens is 3. The van der Waals surface area contributed by atoms with Gasteiger partial charge in [0.2, 0.25) is 5.43 Å². The molecule has 0 saturated carbocycles. The number of aromatic nitrogens is 2. The van der Waals surface area contributed by atoms with Gasteiger partial charge in [-0.15, -0.1) is 0 Å². The Kier molecular flexibility index (Phi) is 9.83. The van der Waals surface area contributed by atoms with E-state index in [9.17, 15) is 22.8 Å². The van der Waals surface area contributed by atoms with E-state index in [2.05, 4.69) is 54.6 Å². The lowest BCUT2D eigenvalue weighted by Gasteiger charge is -2.40. The van der Waals surface area contributed by atoms with E-state index < -0.39 is 37.2 Å². The fraction of sp³-hybridized carbons (Fsp3) is 0.531. The second-order valence-electron chi connectivity index (χ2n) is 13.4. The summed E-state index contributed by atoms with van der Waals surface area (Å²) < 4.78 is 55.7. The van der Waals surface area contributed by atoms with Gasteiger partial charge in [0.05, 0.1) is 24.6 Å². The summed E-state index contributed by atoms with van der Waals surface area (Å²) in [5, 5.41) is 0.174. The van der Waals surface area contributed by atoms with Crippen LogP contribution in [0.3, 0.4) is 0 Å². The topological polar surface area (TPSA) is 70.4 Å². The van der Waals surface area contributed by atoms with Gasteiger partial charge in [-0.05, 0) is 61.9 Å². The van der Waals surface area contributed by atoms with Crippen LogP contribution in [0, 0.1) is 29.8 Å². The summed E-state index contributed by atoms with van der Waals surface area (Å²) in [6, 6.07) is 2.62. The van der Waals surface area contributed by atoms with Crippen LogP contribution in [0.1, 0.15) is 81.7 Å². The van der Waals surface area contributed by atoms with Gasteiger partial charge in [0.15, 0.2) is 8.32 Å². The van der Waals surface area contributed by atoms with Crippen molar-refractivity contribution in [3.8, 4) is 0 Å². The summed E-state index contributed by atoms with van der Waals surface area (Å²) in [5.74, 6) is -3.68. The molecule has 3 rings (SSSR count). The number of aryl methyl sites for hydroxylation is 2. The number of carbonyl (C=O) groups is 1. The van der Waals surface area contributed by atoms with Crippen molar-refractivity contribution in [2.24, 2.45) is 5.41 Å². The van der Waals surface area contributed by atoms with Crippen LogP contribution in [0.4, 0.5) is 13.2 Å². The lowest BCUT2D eigenvalue weighted by atomic mass is 9.86. The molecule has 0 radical (unpaired) electrons. The first-order chi connectivity index (χ1) is 19.3. The van der Waals surface area contributed by atoms with E-state index in [1.165, 1.54) is 6.20 Å². The molecule has 0 aliphatic heterocycles. The number of benzene rings is 1. The van der Waals surface area contributed by atoms with Crippen LogP contribution in [-0.2, 0) is 22.0 Å². The number of ether oxygens (including phenoxy) is 1. The standard InChI is InChI=1S/C32H43F3N2O4Si/c1-11-40-30(39)24-17-37(27(31(3,4)5)18-41-42(9,10)32(6,7)8)29-23(28(24)38)14-20(19(2)36-29)12-13-22-25(34)15-21(33)16-26(22)35/h14-17,27H,11-13,18H2,1-10H3/t27-/m1/s1. The van der Waals surface area contributed by atoms with Crippen molar-refractivity contribution in [3.63, 3.8) is 0 Å². The smallest absolute Gasteiger partial charge is 0.343 e. The van der Waals surface area contributed by atoms with E-state index >= 15 is 0 Å². The number of rotatable bonds is 9.